The lowest BCUT2D eigenvalue weighted by Crippen LogP contribution is -2.64. The average Bonchev–Trinajstić information content (AvgIpc) is 3.16. The second-order valence-electron chi connectivity index (χ2n) is 13.1. The molecule has 0 saturated carbocycles. The molecule has 9 N–H and O–H groups in total. The molecule has 0 aliphatic carbocycles. The maximum Gasteiger partial charge on any atom is 0.251 e. The van der Waals surface area contributed by atoms with E-state index in [1.807, 2.05) is 66.7 Å². The number of carbonyl (C=O) groups is 5. The number of nitrogens with one attached hydrogen (secondary N) is 7. The van der Waals surface area contributed by atoms with E-state index >= 15 is 0 Å². The third-order valence-corrected chi connectivity index (χ3v) is 9.25. The molecule has 5 atom stereocenters. The SMILES string of the molecule is CCC(NC(=N)N)C1NC(=O)C(Cc2ccccc2)NC(=O)C(NC(=O)c2ccccc2)CCCCC(C(=O)Nc2cccc3ccccc23)NC1=O. The largest absolute Gasteiger partial charge is 0.370 e. The Balaban J connectivity index is 1.48. The van der Waals surface area contributed by atoms with Crippen molar-refractivity contribution >= 4 is 52.0 Å². The molecule has 1 fully saturated rings. The summed E-state index contributed by atoms with van der Waals surface area (Å²) in [6.45, 7) is 1.76. The minimum absolute atomic E-state index is 0.0824. The zero-order valence-corrected chi connectivity index (χ0v) is 29.6. The maximum atomic E-state index is 14.1. The summed E-state index contributed by atoms with van der Waals surface area (Å²) in [5.74, 6) is -3.22. The molecule has 0 radical (unpaired) electrons. The van der Waals surface area contributed by atoms with Crippen LogP contribution >= 0.6 is 0 Å². The van der Waals surface area contributed by atoms with E-state index in [0.29, 0.717) is 24.1 Å². The summed E-state index contributed by atoms with van der Waals surface area (Å²) < 4.78 is 0. The molecule has 4 aromatic rings. The quantitative estimate of drug-likeness (QED) is 0.0958. The van der Waals surface area contributed by atoms with Crippen molar-refractivity contribution in [1.29, 1.82) is 5.41 Å². The van der Waals surface area contributed by atoms with Gasteiger partial charge in [0.15, 0.2) is 5.96 Å². The first-order valence-electron chi connectivity index (χ1n) is 17.8. The summed E-state index contributed by atoms with van der Waals surface area (Å²) in [7, 11) is 0. The van der Waals surface area contributed by atoms with Gasteiger partial charge in [-0.1, -0.05) is 105 Å². The molecular formula is C40H46N8O5. The lowest BCUT2D eigenvalue weighted by molar-refractivity contribution is -0.134. The van der Waals surface area contributed by atoms with Crippen molar-refractivity contribution in [3.05, 3.63) is 114 Å². The summed E-state index contributed by atoms with van der Waals surface area (Å²) >= 11 is 0. The Morgan fingerprint density at radius 3 is 2.17 bits per heavy atom. The van der Waals surface area contributed by atoms with Crippen LogP contribution in [0.25, 0.3) is 10.8 Å². The molecule has 0 bridgehead atoms. The van der Waals surface area contributed by atoms with Crippen LogP contribution in [0.3, 0.4) is 0 Å². The van der Waals surface area contributed by atoms with Crippen molar-refractivity contribution in [2.45, 2.75) is 75.7 Å². The third kappa shape index (κ3) is 10.4. The first kappa shape index (κ1) is 38.0. The Bertz CT molecular complexity index is 1920. The number of anilines is 1. The van der Waals surface area contributed by atoms with Gasteiger partial charge in [0.25, 0.3) is 5.91 Å². The molecule has 4 aromatic carbocycles. The third-order valence-electron chi connectivity index (χ3n) is 9.25. The average molecular weight is 719 g/mol. The fourth-order valence-electron chi connectivity index (χ4n) is 6.44. The van der Waals surface area contributed by atoms with E-state index in [-0.39, 0.29) is 25.7 Å². The molecule has 276 valence electrons. The predicted octanol–water partition coefficient (Wildman–Crippen LogP) is 3.11. The maximum absolute atomic E-state index is 14.1. The van der Waals surface area contributed by atoms with Gasteiger partial charge in [0.2, 0.25) is 23.6 Å². The molecule has 5 rings (SSSR count). The van der Waals surface area contributed by atoms with Crippen LogP contribution in [-0.2, 0) is 25.6 Å². The van der Waals surface area contributed by atoms with E-state index in [2.05, 4.69) is 31.9 Å². The predicted molar refractivity (Wildman–Crippen MR) is 204 cm³/mol. The second-order valence-corrected chi connectivity index (χ2v) is 13.1. The van der Waals surface area contributed by atoms with Crippen molar-refractivity contribution in [1.82, 2.24) is 26.6 Å². The van der Waals surface area contributed by atoms with Gasteiger partial charge < -0.3 is 37.6 Å². The van der Waals surface area contributed by atoms with Crippen LogP contribution in [-0.4, -0.2) is 65.7 Å². The lowest BCUT2D eigenvalue weighted by atomic mass is 9.98. The number of carbonyl (C=O) groups excluding carboxylic acids is 5. The van der Waals surface area contributed by atoms with E-state index in [9.17, 15) is 24.0 Å². The number of fused-ring (bicyclic) bond motifs is 1. The fraction of sp³-hybridized carbons (Fsp3) is 0.300. The Labute approximate surface area is 308 Å². The van der Waals surface area contributed by atoms with Crippen molar-refractivity contribution in [3.63, 3.8) is 0 Å². The molecule has 5 unspecified atom stereocenters. The van der Waals surface area contributed by atoms with E-state index in [0.717, 1.165) is 16.3 Å². The van der Waals surface area contributed by atoms with Crippen LogP contribution in [0, 0.1) is 5.41 Å². The van der Waals surface area contributed by atoms with Gasteiger partial charge in [-0.25, -0.2) is 0 Å². The zero-order valence-electron chi connectivity index (χ0n) is 29.6. The highest BCUT2D eigenvalue weighted by Crippen LogP contribution is 2.23. The van der Waals surface area contributed by atoms with Crippen LogP contribution in [0.1, 0.15) is 54.9 Å². The van der Waals surface area contributed by atoms with Gasteiger partial charge in [0, 0.05) is 23.1 Å². The molecule has 13 heteroatoms. The fourth-order valence-corrected chi connectivity index (χ4v) is 6.44. The molecule has 0 spiro atoms. The van der Waals surface area contributed by atoms with Crippen molar-refractivity contribution < 1.29 is 24.0 Å². The van der Waals surface area contributed by atoms with E-state index < -0.39 is 65.7 Å². The van der Waals surface area contributed by atoms with Crippen molar-refractivity contribution in [3.8, 4) is 0 Å². The molecule has 53 heavy (non-hydrogen) atoms. The van der Waals surface area contributed by atoms with Gasteiger partial charge >= 0.3 is 0 Å². The van der Waals surface area contributed by atoms with E-state index in [1.54, 1.807) is 43.3 Å². The Kier molecular flexibility index (Phi) is 13.1. The number of hydrogen-bond donors (Lipinski definition) is 8. The topological polar surface area (TPSA) is 207 Å². The van der Waals surface area contributed by atoms with Crippen LogP contribution in [0.15, 0.2) is 103 Å². The second kappa shape index (κ2) is 18.3. The number of guanidine groups is 1. The molecule has 1 heterocycles. The number of rotatable bonds is 9. The van der Waals surface area contributed by atoms with Gasteiger partial charge in [-0.3, -0.25) is 29.4 Å². The number of amides is 5. The number of nitrogens with two attached hydrogens (primary N) is 1. The lowest BCUT2D eigenvalue weighted by Gasteiger charge is -2.31. The summed E-state index contributed by atoms with van der Waals surface area (Å²) in [6, 6.07) is 25.4. The summed E-state index contributed by atoms with van der Waals surface area (Å²) in [5.41, 5.74) is 7.38. The molecule has 1 aliphatic heterocycles. The van der Waals surface area contributed by atoms with Crippen LogP contribution in [0.5, 0.6) is 0 Å². The zero-order chi connectivity index (χ0) is 37.7. The standard InChI is InChI=1S/C40H46N8O5/c1-2-29(47-40(41)42)34-39(53)45-32(36(50)43-30-23-13-19-26-16-9-10-20-28(26)30)22-12-11-21-31(44-35(49)27-17-7-4-8-18-27)37(51)46-33(38(52)48-34)24-25-14-5-3-6-15-25/h3-10,13-20,23,29,31-34H,2,11-12,21-22,24H2,1H3,(H,43,50)(H,44,49)(H,45,53)(H,46,51)(H,48,52)(H4,41,42,47). The van der Waals surface area contributed by atoms with E-state index in [1.165, 1.54) is 0 Å². The minimum Gasteiger partial charge on any atom is -0.370 e. The van der Waals surface area contributed by atoms with Crippen LogP contribution < -0.4 is 37.6 Å². The Morgan fingerprint density at radius 2 is 1.45 bits per heavy atom. The highest BCUT2D eigenvalue weighted by molar-refractivity contribution is 6.05. The van der Waals surface area contributed by atoms with Crippen molar-refractivity contribution in [2.75, 3.05) is 5.32 Å². The smallest absolute Gasteiger partial charge is 0.251 e. The van der Waals surface area contributed by atoms with E-state index in [4.69, 9.17) is 11.1 Å². The molecule has 5 amide bonds. The normalized spacial score (nSPS) is 20.4. The summed E-state index contributed by atoms with van der Waals surface area (Å²) in [4.78, 5) is 69.4. The van der Waals surface area contributed by atoms with Crippen LogP contribution in [0.4, 0.5) is 5.69 Å². The van der Waals surface area contributed by atoms with Gasteiger partial charge in [0.05, 0.1) is 6.04 Å². The van der Waals surface area contributed by atoms with Crippen LogP contribution in [0.2, 0.25) is 0 Å². The highest BCUT2D eigenvalue weighted by Gasteiger charge is 2.36. The summed E-state index contributed by atoms with van der Waals surface area (Å²) in [5, 5.41) is 26.7. The molecule has 1 aliphatic rings. The van der Waals surface area contributed by atoms with Gasteiger partial charge in [-0.15, -0.1) is 0 Å². The number of hydrogen-bond acceptors (Lipinski definition) is 6. The Morgan fingerprint density at radius 1 is 0.792 bits per heavy atom. The Hall–Kier alpha value is -6.24. The number of benzene rings is 4. The molecular weight excluding hydrogens is 672 g/mol. The van der Waals surface area contributed by atoms with Gasteiger partial charge in [-0.2, -0.15) is 0 Å². The molecule has 13 nitrogen and oxygen atoms in total. The molecule has 0 aromatic heterocycles. The van der Waals surface area contributed by atoms with Crippen molar-refractivity contribution in [2.24, 2.45) is 5.73 Å². The molecule has 1 saturated heterocycles. The highest BCUT2D eigenvalue weighted by atomic mass is 16.2. The van der Waals surface area contributed by atoms with Gasteiger partial charge in [0.1, 0.15) is 24.2 Å². The summed E-state index contributed by atoms with van der Waals surface area (Å²) in [6.07, 6.45) is 1.57. The first-order valence-corrected chi connectivity index (χ1v) is 17.8. The minimum atomic E-state index is -1.30. The first-order chi connectivity index (χ1) is 25.6. The monoisotopic (exact) mass is 718 g/mol. The van der Waals surface area contributed by atoms with Gasteiger partial charge in [-0.05, 0) is 48.4 Å².